The minimum atomic E-state index is -4.61. The van der Waals surface area contributed by atoms with Crippen LogP contribution in [0.2, 0.25) is 0 Å². The van der Waals surface area contributed by atoms with E-state index in [1.807, 2.05) is 27.2 Å². The number of carbonyl (C=O) groups excluding carboxylic acids is 1. The molecule has 8 nitrogen and oxygen atoms in total. The van der Waals surface area contributed by atoms with Crippen LogP contribution in [0.1, 0.15) is 367 Å². The molecule has 0 fully saturated rings. The molecule has 3 atom stereocenters. The molecule has 0 radical (unpaired) electrons. The average molecular weight is 1160 g/mol. The molecule has 3 unspecified atom stereocenters. The van der Waals surface area contributed by atoms with Crippen LogP contribution in [0.5, 0.6) is 0 Å². The Morgan fingerprint density at radius 1 is 0.420 bits per heavy atom. The van der Waals surface area contributed by atoms with Crippen molar-refractivity contribution in [3.63, 3.8) is 0 Å². The summed E-state index contributed by atoms with van der Waals surface area (Å²) in [6.45, 7) is 4.67. The minimum Gasteiger partial charge on any atom is -0.756 e. The van der Waals surface area contributed by atoms with Crippen molar-refractivity contribution in [1.29, 1.82) is 0 Å². The van der Waals surface area contributed by atoms with Crippen LogP contribution >= 0.6 is 7.82 Å². The molecule has 2 N–H and O–H groups in total. The molecule has 0 aromatic heterocycles. The third kappa shape index (κ3) is 66.1. The topological polar surface area (TPSA) is 108 Å². The van der Waals surface area contributed by atoms with Gasteiger partial charge in [-0.15, -0.1) is 0 Å². The van der Waals surface area contributed by atoms with Crippen molar-refractivity contribution in [1.82, 2.24) is 5.32 Å². The Balaban J connectivity index is 3.88. The lowest BCUT2D eigenvalue weighted by atomic mass is 10.0. The van der Waals surface area contributed by atoms with Crippen LogP contribution in [0.25, 0.3) is 0 Å². The third-order valence-corrected chi connectivity index (χ3v) is 17.5. The van der Waals surface area contributed by atoms with Gasteiger partial charge in [0.05, 0.1) is 39.9 Å². The first-order valence-electron chi connectivity index (χ1n) is 35.9. The molecule has 0 aliphatic rings. The summed E-state index contributed by atoms with van der Waals surface area (Å²) >= 11 is 0. The molecule has 0 heterocycles. The van der Waals surface area contributed by atoms with Crippen molar-refractivity contribution < 1.29 is 32.9 Å². The predicted molar refractivity (Wildman–Crippen MR) is 353 cm³/mol. The number of quaternary nitrogens is 1. The van der Waals surface area contributed by atoms with E-state index in [1.54, 1.807) is 6.08 Å². The van der Waals surface area contributed by atoms with Crippen LogP contribution in [-0.4, -0.2) is 68.5 Å². The summed E-state index contributed by atoms with van der Waals surface area (Å²) < 4.78 is 23.4. The van der Waals surface area contributed by atoms with Gasteiger partial charge in [-0.3, -0.25) is 9.36 Å². The molecule has 1 amide bonds. The van der Waals surface area contributed by atoms with Crippen LogP contribution in [0.4, 0.5) is 0 Å². The van der Waals surface area contributed by atoms with Crippen LogP contribution < -0.4 is 10.2 Å². The number of rotatable bonds is 67. The molecular formula is C72H141N2O6P. The van der Waals surface area contributed by atoms with E-state index in [4.69, 9.17) is 9.05 Å². The molecule has 9 heteroatoms. The van der Waals surface area contributed by atoms with E-state index >= 15 is 0 Å². The number of allylic oxidation sites excluding steroid dienone is 5. The largest absolute Gasteiger partial charge is 0.756 e. The number of hydrogen-bond donors (Lipinski definition) is 2. The molecule has 0 aliphatic heterocycles. The zero-order valence-electron chi connectivity index (χ0n) is 55.0. The molecule has 0 saturated carbocycles. The van der Waals surface area contributed by atoms with Crippen molar-refractivity contribution >= 4 is 13.7 Å². The van der Waals surface area contributed by atoms with Gasteiger partial charge in [0.1, 0.15) is 13.2 Å². The number of amides is 1. The maximum absolute atomic E-state index is 13.0. The van der Waals surface area contributed by atoms with E-state index in [1.165, 1.54) is 308 Å². The van der Waals surface area contributed by atoms with E-state index in [0.29, 0.717) is 17.4 Å². The minimum absolute atomic E-state index is 0.00419. The summed E-state index contributed by atoms with van der Waals surface area (Å²) in [5.74, 6) is -0.200. The molecular weight excluding hydrogens is 1020 g/mol. The lowest BCUT2D eigenvalue weighted by Crippen LogP contribution is -2.45. The maximum atomic E-state index is 13.0. The Morgan fingerprint density at radius 2 is 0.691 bits per heavy atom. The zero-order chi connectivity index (χ0) is 59.1. The summed E-state index contributed by atoms with van der Waals surface area (Å²) in [6.07, 6.45) is 84.4. The van der Waals surface area contributed by atoms with Crippen LogP contribution in [0.3, 0.4) is 0 Å². The Hall–Kier alpha value is -1.28. The monoisotopic (exact) mass is 1160 g/mol. The maximum Gasteiger partial charge on any atom is 0.268 e. The zero-order valence-corrected chi connectivity index (χ0v) is 55.9. The summed E-state index contributed by atoms with van der Waals surface area (Å²) in [5.41, 5.74) is 0. The van der Waals surface area contributed by atoms with E-state index in [0.717, 1.165) is 38.5 Å². The Morgan fingerprint density at radius 3 is 1.00 bits per heavy atom. The summed E-state index contributed by atoms with van der Waals surface area (Å²) in [6, 6.07) is -0.902. The second-order valence-corrected chi connectivity index (χ2v) is 27.3. The van der Waals surface area contributed by atoms with E-state index in [9.17, 15) is 19.4 Å². The lowest BCUT2D eigenvalue weighted by Gasteiger charge is -2.29. The van der Waals surface area contributed by atoms with Crippen molar-refractivity contribution in [2.24, 2.45) is 0 Å². The first kappa shape index (κ1) is 79.7. The predicted octanol–water partition coefficient (Wildman–Crippen LogP) is 22.2. The average Bonchev–Trinajstić information content (AvgIpc) is 3.43. The highest BCUT2D eigenvalue weighted by atomic mass is 31.2. The highest BCUT2D eigenvalue weighted by molar-refractivity contribution is 7.45. The number of likely N-dealkylation sites (N-methyl/N-ethyl adjacent to an activating group) is 1. The van der Waals surface area contributed by atoms with Crippen LogP contribution in [0.15, 0.2) is 36.5 Å². The number of carbonyl (C=O) groups is 1. The Bertz CT molecular complexity index is 1410. The van der Waals surface area contributed by atoms with Crippen molar-refractivity contribution in [2.75, 3.05) is 40.9 Å². The highest BCUT2D eigenvalue weighted by Gasteiger charge is 2.23. The van der Waals surface area contributed by atoms with Gasteiger partial charge >= 0.3 is 0 Å². The van der Waals surface area contributed by atoms with Gasteiger partial charge in [-0.1, -0.05) is 339 Å². The van der Waals surface area contributed by atoms with Crippen molar-refractivity contribution in [2.45, 2.75) is 379 Å². The smallest absolute Gasteiger partial charge is 0.268 e. The highest BCUT2D eigenvalue weighted by Crippen LogP contribution is 2.38. The molecule has 0 spiro atoms. The van der Waals surface area contributed by atoms with Gasteiger partial charge in [-0.05, 0) is 57.8 Å². The van der Waals surface area contributed by atoms with Gasteiger partial charge < -0.3 is 28.8 Å². The van der Waals surface area contributed by atoms with Gasteiger partial charge in [0.2, 0.25) is 5.91 Å². The third-order valence-electron chi connectivity index (χ3n) is 16.6. The number of phosphoric ester groups is 1. The van der Waals surface area contributed by atoms with Crippen LogP contribution in [0, 0.1) is 0 Å². The number of aliphatic hydroxyl groups is 1. The SMILES string of the molecule is CCCCCCCCCC/C=C\CCCCCCCCCCCCCCCCCCCCCCCCCCCCCCCC(=O)NC(COP(=O)([O-])OCC[N+](C)(C)C)C(O)/C=C/CC/C=C/CCCCCCCCCCCCCC. The van der Waals surface area contributed by atoms with Crippen LogP contribution in [-0.2, 0) is 18.4 Å². The second kappa shape index (κ2) is 63.2. The molecule has 0 saturated heterocycles. The quantitative estimate of drug-likeness (QED) is 0.0272. The fraction of sp³-hybridized carbons (Fsp3) is 0.903. The van der Waals surface area contributed by atoms with Crippen molar-refractivity contribution in [3.8, 4) is 0 Å². The van der Waals surface area contributed by atoms with Gasteiger partial charge in [-0.2, -0.15) is 0 Å². The lowest BCUT2D eigenvalue weighted by molar-refractivity contribution is -0.870. The van der Waals surface area contributed by atoms with Gasteiger partial charge in [-0.25, -0.2) is 0 Å². The number of hydrogen-bond acceptors (Lipinski definition) is 6. The number of phosphoric acid groups is 1. The number of nitrogens with one attached hydrogen (secondary N) is 1. The van der Waals surface area contributed by atoms with E-state index in [2.05, 4.69) is 43.5 Å². The first-order chi connectivity index (χ1) is 39.5. The van der Waals surface area contributed by atoms with Crippen molar-refractivity contribution in [3.05, 3.63) is 36.5 Å². The molecule has 81 heavy (non-hydrogen) atoms. The van der Waals surface area contributed by atoms with Gasteiger partial charge in [0.15, 0.2) is 0 Å². The summed E-state index contributed by atoms with van der Waals surface area (Å²) in [4.78, 5) is 25.6. The fourth-order valence-corrected chi connectivity index (χ4v) is 11.7. The van der Waals surface area contributed by atoms with E-state index < -0.39 is 20.0 Å². The summed E-state index contributed by atoms with van der Waals surface area (Å²) in [7, 11) is 1.26. The number of unbranched alkanes of at least 4 members (excludes halogenated alkanes) is 50. The summed E-state index contributed by atoms with van der Waals surface area (Å²) in [5, 5.41) is 13.9. The molecule has 0 aliphatic carbocycles. The Kier molecular flexibility index (Phi) is 62.2. The molecule has 0 rings (SSSR count). The molecule has 0 aromatic rings. The standard InChI is InChI=1S/C72H141N2O6P/c1-6-8-10-12-14-16-18-20-22-24-26-27-28-29-30-31-32-33-34-35-36-37-38-39-40-41-42-43-44-45-46-47-48-50-52-54-56-58-60-62-64-66-72(76)73-70(69-80-81(77,78)79-68-67-74(3,4)5)71(75)65-63-61-59-57-55-53-51-49-25-23-21-19-17-15-13-11-9-7-2/h24,26,55,57,63,65,70-71,75H,6-23,25,27-54,56,58-62,64,66-69H2,1-5H3,(H-,73,76,77,78)/b26-24-,57-55+,65-63+. The first-order valence-corrected chi connectivity index (χ1v) is 37.3. The molecule has 0 bridgehead atoms. The number of aliphatic hydroxyl groups excluding tert-OH is 1. The van der Waals surface area contributed by atoms with Gasteiger partial charge in [0, 0.05) is 6.42 Å². The number of nitrogens with zero attached hydrogens (tertiary/aromatic N) is 1. The normalized spacial score (nSPS) is 13.8. The fourth-order valence-electron chi connectivity index (χ4n) is 11.0. The Labute approximate surface area is 506 Å². The molecule has 480 valence electrons. The second-order valence-electron chi connectivity index (χ2n) is 25.9. The van der Waals surface area contributed by atoms with E-state index in [-0.39, 0.29) is 19.1 Å². The van der Waals surface area contributed by atoms with Gasteiger partial charge in [0.25, 0.3) is 7.82 Å². The molecule has 0 aromatic carbocycles.